The number of halogens is 2. The highest BCUT2D eigenvalue weighted by molar-refractivity contribution is 8.31. The Morgan fingerprint density at radius 3 is 0.897 bits per heavy atom. The van der Waals surface area contributed by atoms with Gasteiger partial charge in [0, 0.05) is 21.4 Å². The Balaban J connectivity index is 0.000000369. The maximum atomic E-state index is 9.16. The molecule has 0 radical (unpaired) electrons. The monoisotopic (exact) mass is 442 g/mol. The Morgan fingerprint density at radius 1 is 0.483 bits per heavy atom. The molecule has 144 valence electrons. The molecule has 0 aliphatic carbocycles. The van der Waals surface area contributed by atoms with Gasteiger partial charge in [-0.05, 0) is 72.9 Å². The number of aliphatic imine (C=N–C) groups is 4. The maximum Gasteiger partial charge on any atom is 0.317 e. The van der Waals surface area contributed by atoms with Crippen LogP contribution < -0.4 is 0 Å². The van der Waals surface area contributed by atoms with Crippen LogP contribution in [0.2, 0.25) is 0 Å². The van der Waals surface area contributed by atoms with Crippen LogP contribution in [0, 0.1) is 0 Å². The maximum absolute atomic E-state index is 9.16. The van der Waals surface area contributed by atoms with Crippen molar-refractivity contribution >= 4 is 52.5 Å². The van der Waals surface area contributed by atoms with E-state index < -0.39 is 8.26 Å². The SMILES string of the molecule is C1=CC2=NC1=CC1=NC(=CC3=NC(=CC4=NC(=C2)C=C4)C=C3)C=C1.O=S(=O)(Cl)Cl. The third-order valence-corrected chi connectivity index (χ3v) is 3.92. The van der Waals surface area contributed by atoms with Gasteiger partial charge in [-0.15, -0.1) is 0 Å². The van der Waals surface area contributed by atoms with Crippen LogP contribution in [0.25, 0.3) is 0 Å². The minimum atomic E-state index is -3.72. The van der Waals surface area contributed by atoms with Gasteiger partial charge in [0.1, 0.15) is 0 Å². The zero-order valence-corrected chi connectivity index (χ0v) is 17.0. The molecule has 0 unspecified atom stereocenters. The van der Waals surface area contributed by atoms with Crippen molar-refractivity contribution in [1.82, 2.24) is 0 Å². The molecule has 0 aromatic heterocycles. The molecule has 6 nitrogen and oxygen atoms in total. The summed E-state index contributed by atoms with van der Waals surface area (Å²) >= 11 is 0. The summed E-state index contributed by atoms with van der Waals surface area (Å²) in [6.45, 7) is 0. The van der Waals surface area contributed by atoms with Gasteiger partial charge in [0.05, 0.1) is 45.6 Å². The highest BCUT2D eigenvalue weighted by atomic mass is 36.0. The molecule has 0 amide bonds. The molecule has 0 aromatic rings. The number of allylic oxidation sites excluding steroid dienone is 12. The van der Waals surface area contributed by atoms with Gasteiger partial charge in [-0.3, -0.25) is 0 Å². The van der Waals surface area contributed by atoms with E-state index in [4.69, 9.17) is 8.42 Å². The van der Waals surface area contributed by atoms with E-state index in [9.17, 15) is 0 Å². The smallest absolute Gasteiger partial charge is 0.249 e. The molecule has 0 saturated carbocycles. The molecular formula is C20H12Cl2N4O2S. The third-order valence-electron chi connectivity index (χ3n) is 3.92. The van der Waals surface area contributed by atoms with E-state index in [1.165, 1.54) is 0 Å². The predicted octanol–water partition coefficient (Wildman–Crippen LogP) is 4.29. The van der Waals surface area contributed by atoms with E-state index in [1.807, 2.05) is 72.9 Å². The molecule has 8 bridgehead atoms. The molecule has 0 atom stereocenters. The molecule has 5 heterocycles. The first kappa shape index (κ1) is 19.4. The lowest BCUT2D eigenvalue weighted by atomic mass is 10.2. The Kier molecular flexibility index (Phi) is 5.27. The van der Waals surface area contributed by atoms with E-state index in [2.05, 4.69) is 41.3 Å². The fourth-order valence-corrected chi connectivity index (χ4v) is 2.83. The molecule has 5 aliphatic heterocycles. The second kappa shape index (κ2) is 7.87. The normalized spacial score (nSPS) is 20.8. The first-order chi connectivity index (χ1) is 13.8. The van der Waals surface area contributed by atoms with Gasteiger partial charge in [-0.25, -0.2) is 20.0 Å². The van der Waals surface area contributed by atoms with Gasteiger partial charge in [0.25, 0.3) is 0 Å². The van der Waals surface area contributed by atoms with Gasteiger partial charge in [0.2, 0.25) is 0 Å². The fraction of sp³-hybridized carbons (Fsp3) is 0. The zero-order chi connectivity index (χ0) is 20.4. The summed E-state index contributed by atoms with van der Waals surface area (Å²) < 4.78 is 18.3. The van der Waals surface area contributed by atoms with E-state index in [1.54, 1.807) is 0 Å². The highest BCUT2D eigenvalue weighted by Gasteiger charge is 2.11. The minimum Gasteiger partial charge on any atom is -0.249 e. The van der Waals surface area contributed by atoms with Crippen molar-refractivity contribution in [2.45, 2.75) is 0 Å². The van der Waals surface area contributed by atoms with Gasteiger partial charge >= 0.3 is 8.26 Å². The Labute approximate surface area is 176 Å². The molecular weight excluding hydrogens is 431 g/mol. The van der Waals surface area contributed by atoms with Crippen LogP contribution in [-0.2, 0) is 8.26 Å². The number of hydrogen-bond acceptors (Lipinski definition) is 6. The van der Waals surface area contributed by atoms with Crippen molar-refractivity contribution in [3.05, 3.63) is 95.7 Å². The number of rotatable bonds is 0. The molecule has 29 heavy (non-hydrogen) atoms. The standard InChI is InChI=1S/C20H12N4.Cl2O2S/c1-2-14-10-16-5-6-18(23-16)12-20-8-7-19(24-20)11-17-4-3-15(22-17)9-13(1)21-14;1-5(2,3)4/h1-12H;. The van der Waals surface area contributed by atoms with E-state index >= 15 is 0 Å². The molecule has 0 spiro atoms. The Hall–Kier alpha value is -2.87. The largest absolute Gasteiger partial charge is 0.317 e. The summed E-state index contributed by atoms with van der Waals surface area (Å²) in [5, 5.41) is 0. The first-order valence-corrected chi connectivity index (χ1v) is 11.5. The molecule has 0 N–H and O–H groups in total. The quantitative estimate of drug-likeness (QED) is 0.524. The average molecular weight is 443 g/mol. The lowest BCUT2D eigenvalue weighted by Crippen LogP contribution is -1.89. The molecule has 0 saturated heterocycles. The van der Waals surface area contributed by atoms with Crippen LogP contribution in [0.5, 0.6) is 0 Å². The Morgan fingerprint density at radius 2 is 0.690 bits per heavy atom. The Bertz CT molecular complexity index is 1070. The topological polar surface area (TPSA) is 83.6 Å². The second-order valence-corrected chi connectivity index (χ2v) is 9.80. The van der Waals surface area contributed by atoms with E-state index in [0.717, 1.165) is 45.6 Å². The summed E-state index contributed by atoms with van der Waals surface area (Å²) in [5.74, 6) is 0. The predicted molar refractivity (Wildman–Crippen MR) is 119 cm³/mol. The van der Waals surface area contributed by atoms with Crippen LogP contribution in [0.4, 0.5) is 0 Å². The number of nitrogens with zero attached hydrogens (tertiary/aromatic N) is 4. The first-order valence-electron chi connectivity index (χ1n) is 8.38. The molecule has 0 aromatic carbocycles. The zero-order valence-electron chi connectivity index (χ0n) is 14.7. The van der Waals surface area contributed by atoms with Crippen molar-refractivity contribution in [2.24, 2.45) is 20.0 Å². The fourth-order valence-electron chi connectivity index (χ4n) is 2.83. The average Bonchev–Trinajstić information content (AvgIpc) is 3.38. The van der Waals surface area contributed by atoms with Gasteiger partial charge < -0.3 is 0 Å². The van der Waals surface area contributed by atoms with Crippen molar-refractivity contribution in [2.75, 3.05) is 0 Å². The molecule has 9 heteroatoms. The van der Waals surface area contributed by atoms with Crippen molar-refractivity contribution in [3.63, 3.8) is 0 Å². The van der Waals surface area contributed by atoms with Crippen LogP contribution >= 0.6 is 21.4 Å². The second-order valence-electron chi connectivity index (χ2n) is 6.14. The van der Waals surface area contributed by atoms with Gasteiger partial charge in [-0.2, -0.15) is 8.42 Å². The van der Waals surface area contributed by atoms with Crippen LogP contribution in [0.1, 0.15) is 0 Å². The highest BCUT2D eigenvalue weighted by Crippen LogP contribution is 2.20. The third kappa shape index (κ3) is 5.57. The summed E-state index contributed by atoms with van der Waals surface area (Å²) in [6, 6.07) is 0. The summed E-state index contributed by atoms with van der Waals surface area (Å²) in [7, 11) is 4.81. The molecule has 0 fully saturated rings. The van der Waals surface area contributed by atoms with Gasteiger partial charge in [-0.1, -0.05) is 0 Å². The van der Waals surface area contributed by atoms with Crippen LogP contribution in [0.3, 0.4) is 0 Å². The molecule has 5 aliphatic rings. The number of hydrogen-bond donors (Lipinski definition) is 0. The lowest BCUT2D eigenvalue weighted by Gasteiger charge is -1.94. The van der Waals surface area contributed by atoms with Crippen molar-refractivity contribution in [1.29, 1.82) is 0 Å². The van der Waals surface area contributed by atoms with Crippen molar-refractivity contribution < 1.29 is 8.42 Å². The summed E-state index contributed by atoms with van der Waals surface area (Å²) in [5.41, 5.74) is 7.15. The van der Waals surface area contributed by atoms with Crippen molar-refractivity contribution in [3.8, 4) is 0 Å². The summed E-state index contributed by atoms with van der Waals surface area (Å²) in [6.07, 6.45) is 23.8. The van der Waals surface area contributed by atoms with Crippen LogP contribution in [-0.4, -0.2) is 31.3 Å². The summed E-state index contributed by atoms with van der Waals surface area (Å²) in [4.78, 5) is 18.4. The number of fused-ring (bicyclic) bond motifs is 4. The lowest BCUT2D eigenvalue weighted by molar-refractivity contribution is 0.621. The van der Waals surface area contributed by atoms with Gasteiger partial charge in [0.15, 0.2) is 0 Å². The minimum absolute atomic E-state index is 0.894. The van der Waals surface area contributed by atoms with Crippen LogP contribution in [0.15, 0.2) is 116 Å². The molecule has 5 rings (SSSR count). The van der Waals surface area contributed by atoms with E-state index in [0.29, 0.717) is 0 Å². The van der Waals surface area contributed by atoms with E-state index in [-0.39, 0.29) is 0 Å².